The predicted molar refractivity (Wildman–Crippen MR) is 70.7 cm³/mol. The van der Waals surface area contributed by atoms with E-state index in [0.29, 0.717) is 5.92 Å². The number of benzene rings is 1. The molecular weight excluding hydrogens is 229 g/mol. The van der Waals surface area contributed by atoms with Crippen LogP contribution in [0, 0.1) is 5.82 Å². The molecule has 0 aliphatic heterocycles. The summed E-state index contributed by atoms with van der Waals surface area (Å²) in [6.45, 7) is 2.14. The number of halogens is 1. The minimum Gasteiger partial charge on any atom is -0.356 e. The van der Waals surface area contributed by atoms with Crippen LogP contribution in [0.25, 0.3) is 5.57 Å². The second-order valence-electron chi connectivity index (χ2n) is 4.71. The predicted octanol–water partition coefficient (Wildman–Crippen LogP) is 3.24. The fourth-order valence-electron chi connectivity index (χ4n) is 2.62. The Hall–Kier alpha value is -1.64. The van der Waals surface area contributed by atoms with E-state index in [4.69, 9.17) is 0 Å². The fourth-order valence-corrected chi connectivity index (χ4v) is 2.62. The molecule has 1 N–H and O–H groups in total. The fraction of sp³-hybridized carbons (Fsp3) is 0.400. The average molecular weight is 247 g/mol. The number of likely N-dealkylation sites (N-methyl/N-ethyl adjacent to an activating group) is 1. The standard InChI is InChI=1S/C15H18FNO/c1-3-4-10-7-11(8-15(18)17-2)14-9-12(16)5-6-13(10)14/h5-6,8-10H,3-4,7H2,1-2H3,(H,17,18)/b11-8-. The van der Waals surface area contributed by atoms with Crippen molar-refractivity contribution in [3.05, 3.63) is 41.2 Å². The van der Waals surface area contributed by atoms with Crippen LogP contribution in [0.2, 0.25) is 0 Å². The van der Waals surface area contributed by atoms with Crippen LogP contribution in [0.15, 0.2) is 24.3 Å². The first kappa shape index (κ1) is 12.8. The van der Waals surface area contributed by atoms with Gasteiger partial charge in [0, 0.05) is 13.1 Å². The third kappa shape index (κ3) is 2.45. The van der Waals surface area contributed by atoms with E-state index in [1.165, 1.54) is 11.6 Å². The van der Waals surface area contributed by atoms with Gasteiger partial charge in [0.05, 0.1) is 0 Å². The molecule has 2 rings (SSSR count). The van der Waals surface area contributed by atoms with Crippen LogP contribution in [0.5, 0.6) is 0 Å². The number of nitrogens with one attached hydrogen (secondary N) is 1. The number of hydrogen-bond acceptors (Lipinski definition) is 1. The van der Waals surface area contributed by atoms with Gasteiger partial charge in [-0.15, -0.1) is 0 Å². The molecule has 1 aromatic rings. The van der Waals surface area contributed by atoms with Crippen molar-refractivity contribution in [2.45, 2.75) is 32.1 Å². The van der Waals surface area contributed by atoms with Gasteiger partial charge in [0.25, 0.3) is 0 Å². The molecule has 0 saturated carbocycles. The van der Waals surface area contributed by atoms with Crippen molar-refractivity contribution >= 4 is 11.5 Å². The number of carbonyl (C=O) groups is 1. The van der Waals surface area contributed by atoms with E-state index in [0.717, 1.165) is 30.4 Å². The molecule has 0 saturated heterocycles. The van der Waals surface area contributed by atoms with Gasteiger partial charge in [-0.25, -0.2) is 4.39 Å². The minimum atomic E-state index is -0.242. The van der Waals surface area contributed by atoms with Crippen molar-refractivity contribution in [3.8, 4) is 0 Å². The summed E-state index contributed by atoms with van der Waals surface area (Å²) < 4.78 is 13.3. The Labute approximate surface area is 107 Å². The number of hydrogen-bond donors (Lipinski definition) is 1. The van der Waals surface area contributed by atoms with Gasteiger partial charge in [-0.1, -0.05) is 19.4 Å². The summed E-state index contributed by atoms with van der Waals surface area (Å²) >= 11 is 0. The molecule has 0 radical (unpaired) electrons. The van der Waals surface area contributed by atoms with E-state index in [1.54, 1.807) is 19.2 Å². The number of amides is 1. The summed E-state index contributed by atoms with van der Waals surface area (Å²) in [5.41, 5.74) is 3.02. The van der Waals surface area contributed by atoms with Crippen molar-refractivity contribution in [3.63, 3.8) is 0 Å². The monoisotopic (exact) mass is 247 g/mol. The molecule has 2 nitrogen and oxygen atoms in total. The molecule has 96 valence electrons. The van der Waals surface area contributed by atoms with Crippen LogP contribution in [0.1, 0.15) is 43.2 Å². The quantitative estimate of drug-likeness (QED) is 0.816. The van der Waals surface area contributed by atoms with Gasteiger partial charge in [-0.05, 0) is 47.6 Å². The average Bonchev–Trinajstić information content (AvgIpc) is 2.67. The van der Waals surface area contributed by atoms with E-state index >= 15 is 0 Å². The molecule has 18 heavy (non-hydrogen) atoms. The smallest absolute Gasteiger partial charge is 0.244 e. The highest BCUT2D eigenvalue weighted by Crippen LogP contribution is 2.43. The second-order valence-corrected chi connectivity index (χ2v) is 4.71. The first-order valence-electron chi connectivity index (χ1n) is 6.37. The molecule has 0 bridgehead atoms. The molecule has 0 fully saturated rings. The van der Waals surface area contributed by atoms with E-state index in [9.17, 15) is 9.18 Å². The van der Waals surface area contributed by atoms with Crippen molar-refractivity contribution < 1.29 is 9.18 Å². The highest BCUT2D eigenvalue weighted by molar-refractivity contribution is 5.96. The maximum absolute atomic E-state index is 13.3. The molecule has 1 atom stereocenters. The van der Waals surface area contributed by atoms with Gasteiger partial charge in [-0.3, -0.25) is 4.79 Å². The van der Waals surface area contributed by atoms with Crippen molar-refractivity contribution in [1.82, 2.24) is 5.32 Å². The second kappa shape index (κ2) is 5.34. The summed E-state index contributed by atoms with van der Waals surface area (Å²) in [5.74, 6) is 0.0487. The molecule has 1 aliphatic carbocycles. The lowest BCUT2D eigenvalue weighted by molar-refractivity contribution is -0.116. The first-order valence-corrected chi connectivity index (χ1v) is 6.37. The number of rotatable bonds is 3. The van der Waals surface area contributed by atoms with Crippen LogP contribution in [0.3, 0.4) is 0 Å². The third-order valence-electron chi connectivity index (χ3n) is 3.46. The van der Waals surface area contributed by atoms with Crippen LogP contribution in [-0.4, -0.2) is 13.0 Å². The SMILES string of the molecule is CCCC1C/C(=C/C(=O)NC)c2cc(F)ccc21. The Morgan fingerprint density at radius 1 is 1.56 bits per heavy atom. The van der Waals surface area contributed by atoms with Crippen LogP contribution < -0.4 is 5.32 Å². The van der Waals surface area contributed by atoms with Gasteiger partial charge < -0.3 is 5.32 Å². The first-order chi connectivity index (χ1) is 8.65. The highest BCUT2D eigenvalue weighted by Gasteiger charge is 2.26. The maximum Gasteiger partial charge on any atom is 0.244 e. The molecule has 1 aliphatic rings. The molecule has 3 heteroatoms. The van der Waals surface area contributed by atoms with Gasteiger partial charge in [-0.2, -0.15) is 0 Å². The minimum absolute atomic E-state index is 0.127. The molecular formula is C15H18FNO. The largest absolute Gasteiger partial charge is 0.356 e. The summed E-state index contributed by atoms with van der Waals surface area (Å²) in [6.07, 6.45) is 4.59. The lowest BCUT2D eigenvalue weighted by atomic mass is 9.97. The van der Waals surface area contributed by atoms with Crippen LogP contribution in [-0.2, 0) is 4.79 Å². The van der Waals surface area contributed by atoms with Gasteiger partial charge in [0.1, 0.15) is 5.82 Å². The molecule has 0 aromatic heterocycles. The molecule has 1 unspecified atom stereocenters. The lowest BCUT2D eigenvalue weighted by Crippen LogP contribution is -2.14. The van der Waals surface area contributed by atoms with Crippen LogP contribution in [0.4, 0.5) is 4.39 Å². The van der Waals surface area contributed by atoms with Gasteiger partial charge >= 0.3 is 0 Å². The van der Waals surface area contributed by atoms with Crippen LogP contribution >= 0.6 is 0 Å². The Kier molecular flexibility index (Phi) is 3.80. The zero-order valence-corrected chi connectivity index (χ0v) is 10.8. The normalized spacial score (nSPS) is 19.9. The Morgan fingerprint density at radius 2 is 2.33 bits per heavy atom. The summed E-state index contributed by atoms with van der Waals surface area (Å²) in [4.78, 5) is 11.4. The van der Waals surface area contributed by atoms with Crippen molar-refractivity contribution in [2.24, 2.45) is 0 Å². The number of carbonyl (C=O) groups excluding carboxylic acids is 1. The van der Waals surface area contributed by atoms with E-state index in [-0.39, 0.29) is 11.7 Å². The molecule has 0 spiro atoms. The maximum atomic E-state index is 13.3. The van der Waals surface area contributed by atoms with Gasteiger partial charge in [0.15, 0.2) is 0 Å². The number of fused-ring (bicyclic) bond motifs is 1. The van der Waals surface area contributed by atoms with Crippen molar-refractivity contribution in [2.75, 3.05) is 7.05 Å². The molecule has 1 amide bonds. The zero-order chi connectivity index (χ0) is 13.1. The lowest BCUT2D eigenvalue weighted by Gasteiger charge is -2.08. The highest BCUT2D eigenvalue weighted by atomic mass is 19.1. The summed E-state index contributed by atoms with van der Waals surface area (Å²) in [5, 5.41) is 2.58. The van der Waals surface area contributed by atoms with Crippen molar-refractivity contribution in [1.29, 1.82) is 0 Å². The zero-order valence-electron chi connectivity index (χ0n) is 10.8. The Morgan fingerprint density at radius 3 is 3.00 bits per heavy atom. The number of allylic oxidation sites excluding steroid dienone is 1. The summed E-state index contributed by atoms with van der Waals surface area (Å²) in [7, 11) is 1.60. The molecule has 1 aromatic carbocycles. The molecule has 0 heterocycles. The topological polar surface area (TPSA) is 29.1 Å². The Bertz CT molecular complexity index is 493. The summed E-state index contributed by atoms with van der Waals surface area (Å²) in [6, 6.07) is 4.90. The van der Waals surface area contributed by atoms with E-state index in [2.05, 4.69) is 12.2 Å². The van der Waals surface area contributed by atoms with E-state index in [1.807, 2.05) is 6.07 Å². The van der Waals surface area contributed by atoms with E-state index < -0.39 is 0 Å². The third-order valence-corrected chi connectivity index (χ3v) is 3.46. The Balaban J connectivity index is 2.40. The van der Waals surface area contributed by atoms with Gasteiger partial charge in [0.2, 0.25) is 5.91 Å².